The zero-order valence-electron chi connectivity index (χ0n) is 18.6. The lowest BCUT2D eigenvalue weighted by molar-refractivity contribution is 0.0847. The number of aryl methyl sites for hydroxylation is 1. The highest BCUT2D eigenvalue weighted by Gasteiger charge is 2.23. The summed E-state index contributed by atoms with van der Waals surface area (Å²) in [6.45, 7) is 8.32. The van der Waals surface area contributed by atoms with Gasteiger partial charge < -0.3 is 9.64 Å². The normalized spacial score (nSPS) is 13.9. The van der Waals surface area contributed by atoms with E-state index in [1.54, 1.807) is 23.7 Å². The summed E-state index contributed by atoms with van der Waals surface area (Å²) in [5, 5.41) is 5.07. The van der Waals surface area contributed by atoms with Gasteiger partial charge in [-0.05, 0) is 37.1 Å². The number of anilines is 1. The molecule has 1 aliphatic rings. The summed E-state index contributed by atoms with van der Waals surface area (Å²) in [6, 6.07) is 5.86. The minimum absolute atomic E-state index is 0.0474. The fraction of sp³-hybridized carbons (Fsp3) is 0.364. The Morgan fingerprint density at radius 1 is 1.12 bits per heavy atom. The first kappa shape index (κ1) is 22.9. The van der Waals surface area contributed by atoms with Crippen LogP contribution in [-0.4, -0.2) is 52.9 Å². The Hall–Kier alpha value is -3.31. The lowest BCUT2D eigenvalue weighted by Gasteiger charge is -2.25. The standard InChI is InChI=1S/C22H25FN6O3S/c1-13(2)18-17(12-24-29(18)16-6-4-15(23)5-7-16)20(30)26-27-21(31)19-14(3)25-22(33-19)28-8-10-32-11-9-28/h4-7,12-13H,8-11H2,1-3H3,(H,26,30)(H,27,31). The lowest BCUT2D eigenvalue weighted by Crippen LogP contribution is -2.41. The molecule has 4 rings (SSSR count). The second kappa shape index (κ2) is 9.67. The average molecular weight is 473 g/mol. The number of carbonyl (C=O) groups is 2. The Morgan fingerprint density at radius 3 is 2.45 bits per heavy atom. The second-order valence-electron chi connectivity index (χ2n) is 7.91. The Kier molecular flexibility index (Phi) is 6.70. The van der Waals surface area contributed by atoms with Crippen molar-refractivity contribution in [2.75, 3.05) is 31.2 Å². The summed E-state index contributed by atoms with van der Waals surface area (Å²) in [6.07, 6.45) is 1.44. The van der Waals surface area contributed by atoms with E-state index in [4.69, 9.17) is 4.74 Å². The van der Waals surface area contributed by atoms with Crippen molar-refractivity contribution in [3.63, 3.8) is 0 Å². The van der Waals surface area contributed by atoms with Gasteiger partial charge in [0.05, 0.1) is 42.0 Å². The van der Waals surface area contributed by atoms with Crippen LogP contribution in [0.25, 0.3) is 5.69 Å². The van der Waals surface area contributed by atoms with Crippen LogP contribution in [0.5, 0.6) is 0 Å². The van der Waals surface area contributed by atoms with Gasteiger partial charge >= 0.3 is 0 Å². The maximum atomic E-state index is 13.3. The molecule has 2 amide bonds. The van der Waals surface area contributed by atoms with Gasteiger partial charge in [-0.3, -0.25) is 20.4 Å². The first-order chi connectivity index (χ1) is 15.8. The number of aromatic nitrogens is 3. The van der Waals surface area contributed by atoms with Crippen LogP contribution >= 0.6 is 11.3 Å². The van der Waals surface area contributed by atoms with E-state index in [0.29, 0.717) is 40.7 Å². The third-order valence-electron chi connectivity index (χ3n) is 5.23. The molecule has 33 heavy (non-hydrogen) atoms. The first-order valence-corrected chi connectivity index (χ1v) is 11.4. The van der Waals surface area contributed by atoms with E-state index in [1.807, 2.05) is 13.8 Å². The number of amides is 2. The van der Waals surface area contributed by atoms with E-state index in [-0.39, 0.29) is 11.7 Å². The predicted molar refractivity (Wildman–Crippen MR) is 122 cm³/mol. The van der Waals surface area contributed by atoms with Crippen LogP contribution in [0.2, 0.25) is 0 Å². The van der Waals surface area contributed by atoms with Crippen molar-refractivity contribution in [2.45, 2.75) is 26.7 Å². The number of thiazole rings is 1. The van der Waals surface area contributed by atoms with Crippen LogP contribution in [0, 0.1) is 12.7 Å². The Balaban J connectivity index is 1.47. The number of morpholine rings is 1. The minimum Gasteiger partial charge on any atom is -0.378 e. The zero-order chi connectivity index (χ0) is 23.5. The molecule has 0 saturated carbocycles. The van der Waals surface area contributed by atoms with Crippen LogP contribution in [0.15, 0.2) is 30.5 Å². The van der Waals surface area contributed by atoms with Gasteiger partial charge in [-0.1, -0.05) is 25.2 Å². The van der Waals surface area contributed by atoms with E-state index in [1.165, 1.54) is 29.7 Å². The molecule has 0 spiro atoms. The summed E-state index contributed by atoms with van der Waals surface area (Å²) < 4.78 is 20.3. The molecule has 3 heterocycles. The molecule has 0 unspecified atom stereocenters. The Morgan fingerprint density at radius 2 is 1.79 bits per heavy atom. The molecule has 9 nitrogen and oxygen atoms in total. The number of nitrogens with zero attached hydrogens (tertiary/aromatic N) is 4. The fourth-order valence-corrected chi connectivity index (χ4v) is 4.61. The number of carbonyl (C=O) groups excluding carboxylic acids is 2. The SMILES string of the molecule is Cc1nc(N2CCOCC2)sc1C(=O)NNC(=O)c1cnn(-c2ccc(F)cc2)c1C(C)C. The third-order valence-corrected chi connectivity index (χ3v) is 6.45. The molecule has 0 bridgehead atoms. The molecule has 1 aliphatic heterocycles. The average Bonchev–Trinajstić information content (AvgIpc) is 3.43. The summed E-state index contributed by atoms with van der Waals surface area (Å²) >= 11 is 1.28. The molecule has 0 aliphatic carbocycles. The van der Waals surface area contributed by atoms with Gasteiger partial charge in [0.1, 0.15) is 10.7 Å². The summed E-state index contributed by atoms with van der Waals surface area (Å²) in [5.41, 5.74) is 7.16. The van der Waals surface area contributed by atoms with E-state index in [0.717, 1.165) is 18.2 Å². The topological polar surface area (TPSA) is 101 Å². The maximum Gasteiger partial charge on any atom is 0.281 e. The first-order valence-electron chi connectivity index (χ1n) is 10.6. The summed E-state index contributed by atoms with van der Waals surface area (Å²) in [5.74, 6) is -1.33. The van der Waals surface area contributed by atoms with Gasteiger partial charge in [0, 0.05) is 13.1 Å². The molecule has 1 saturated heterocycles. The Labute approximate surface area is 194 Å². The third kappa shape index (κ3) is 4.88. The van der Waals surface area contributed by atoms with E-state index in [2.05, 4.69) is 25.8 Å². The van der Waals surface area contributed by atoms with Crippen LogP contribution in [-0.2, 0) is 4.74 Å². The molecule has 1 aromatic carbocycles. The molecule has 11 heteroatoms. The summed E-state index contributed by atoms with van der Waals surface area (Å²) in [4.78, 5) is 32.6. The molecule has 2 aromatic heterocycles. The Bertz CT molecular complexity index is 1150. The molecule has 1 fully saturated rings. The van der Waals surface area contributed by atoms with Crippen molar-refractivity contribution in [3.8, 4) is 5.69 Å². The van der Waals surface area contributed by atoms with Gasteiger partial charge in [-0.2, -0.15) is 5.10 Å². The number of rotatable bonds is 5. The van der Waals surface area contributed by atoms with E-state index < -0.39 is 11.8 Å². The highest BCUT2D eigenvalue weighted by atomic mass is 32.1. The maximum absolute atomic E-state index is 13.3. The van der Waals surface area contributed by atoms with Gasteiger partial charge in [0.25, 0.3) is 11.8 Å². The highest BCUT2D eigenvalue weighted by Crippen LogP contribution is 2.27. The summed E-state index contributed by atoms with van der Waals surface area (Å²) in [7, 11) is 0. The van der Waals surface area contributed by atoms with Crippen LogP contribution < -0.4 is 15.8 Å². The van der Waals surface area contributed by atoms with Crippen molar-refractivity contribution in [1.82, 2.24) is 25.6 Å². The van der Waals surface area contributed by atoms with Crippen molar-refractivity contribution >= 4 is 28.3 Å². The number of benzene rings is 1. The van der Waals surface area contributed by atoms with Crippen molar-refractivity contribution in [2.24, 2.45) is 0 Å². The lowest BCUT2D eigenvalue weighted by atomic mass is 10.1. The van der Waals surface area contributed by atoms with E-state index in [9.17, 15) is 14.0 Å². The highest BCUT2D eigenvalue weighted by molar-refractivity contribution is 7.17. The van der Waals surface area contributed by atoms with Crippen molar-refractivity contribution in [3.05, 3.63) is 58.1 Å². The predicted octanol–water partition coefficient (Wildman–Crippen LogP) is 2.81. The molecule has 0 atom stereocenters. The van der Waals surface area contributed by atoms with Crippen molar-refractivity contribution < 1.29 is 18.7 Å². The van der Waals surface area contributed by atoms with Gasteiger partial charge in [0.2, 0.25) is 0 Å². The minimum atomic E-state index is -0.490. The van der Waals surface area contributed by atoms with Gasteiger partial charge in [-0.15, -0.1) is 0 Å². The number of nitrogens with one attached hydrogen (secondary N) is 2. The number of hydrogen-bond acceptors (Lipinski definition) is 7. The van der Waals surface area contributed by atoms with E-state index >= 15 is 0 Å². The molecule has 174 valence electrons. The smallest absolute Gasteiger partial charge is 0.281 e. The quantitative estimate of drug-likeness (QED) is 0.554. The zero-order valence-corrected chi connectivity index (χ0v) is 19.4. The molecular weight excluding hydrogens is 447 g/mol. The number of ether oxygens (including phenoxy) is 1. The monoisotopic (exact) mass is 472 g/mol. The molecule has 3 aromatic rings. The molecule has 2 N–H and O–H groups in total. The van der Waals surface area contributed by atoms with Crippen LogP contribution in [0.3, 0.4) is 0 Å². The molecular formula is C22H25FN6O3S. The largest absolute Gasteiger partial charge is 0.378 e. The van der Waals surface area contributed by atoms with Crippen LogP contribution in [0.4, 0.5) is 9.52 Å². The van der Waals surface area contributed by atoms with Gasteiger partial charge in [-0.25, -0.2) is 14.1 Å². The van der Waals surface area contributed by atoms with Gasteiger partial charge in [0.15, 0.2) is 5.13 Å². The number of hydrogen-bond donors (Lipinski definition) is 2. The number of halogens is 1. The van der Waals surface area contributed by atoms with Crippen LogP contribution in [0.1, 0.15) is 51.2 Å². The second-order valence-corrected chi connectivity index (χ2v) is 8.88. The fourth-order valence-electron chi connectivity index (χ4n) is 3.60. The molecule has 0 radical (unpaired) electrons. The van der Waals surface area contributed by atoms with Crippen molar-refractivity contribution in [1.29, 1.82) is 0 Å². The number of hydrazine groups is 1.